The van der Waals surface area contributed by atoms with Gasteiger partial charge in [-0.15, -0.1) is 0 Å². The van der Waals surface area contributed by atoms with Gasteiger partial charge in [0.05, 0.1) is 16.8 Å². The minimum Gasteiger partial charge on any atom is -0.424 e. The van der Waals surface area contributed by atoms with Crippen molar-refractivity contribution in [2.75, 3.05) is 10.6 Å². The predicted molar refractivity (Wildman–Crippen MR) is 79.7 cm³/mol. The molecular formula is C16H12N2O4. The van der Waals surface area contributed by atoms with Crippen LogP contribution in [-0.4, -0.2) is 17.8 Å². The zero-order valence-corrected chi connectivity index (χ0v) is 11.7. The van der Waals surface area contributed by atoms with Crippen molar-refractivity contribution >= 4 is 29.2 Å². The number of hydrogen-bond acceptors (Lipinski definition) is 5. The number of para-hydroxylation sites is 2. The van der Waals surface area contributed by atoms with E-state index in [0.29, 0.717) is 5.69 Å². The van der Waals surface area contributed by atoms with Crippen LogP contribution >= 0.6 is 0 Å². The normalized spacial score (nSPS) is 13.2. The van der Waals surface area contributed by atoms with E-state index in [1.54, 1.807) is 24.3 Å². The van der Waals surface area contributed by atoms with Crippen LogP contribution in [0.5, 0.6) is 5.75 Å². The lowest BCUT2D eigenvalue weighted by atomic mass is 10.1. The zero-order chi connectivity index (χ0) is 15.9. The number of ether oxygens (including phenoxy) is 1. The highest BCUT2D eigenvalue weighted by atomic mass is 16.5. The monoisotopic (exact) mass is 296 g/mol. The third kappa shape index (κ3) is 2.10. The molecule has 0 atom stereocenters. The summed E-state index contributed by atoms with van der Waals surface area (Å²) in [5.74, 6) is -1.35. The van der Waals surface area contributed by atoms with E-state index in [9.17, 15) is 14.4 Å². The maximum atomic E-state index is 12.5. The third-order valence-electron chi connectivity index (χ3n) is 3.27. The Morgan fingerprint density at radius 2 is 1.73 bits per heavy atom. The summed E-state index contributed by atoms with van der Waals surface area (Å²) < 4.78 is 5.07. The van der Waals surface area contributed by atoms with Gasteiger partial charge in [0.15, 0.2) is 5.75 Å². The van der Waals surface area contributed by atoms with Gasteiger partial charge >= 0.3 is 5.97 Å². The van der Waals surface area contributed by atoms with E-state index in [0.717, 1.165) is 4.90 Å². The van der Waals surface area contributed by atoms with Crippen molar-refractivity contribution in [1.29, 1.82) is 0 Å². The number of hydrogen-bond donors (Lipinski definition) is 1. The van der Waals surface area contributed by atoms with E-state index < -0.39 is 17.8 Å². The number of amides is 2. The fraction of sp³-hybridized carbons (Fsp3) is 0.0625. The van der Waals surface area contributed by atoms with Crippen molar-refractivity contribution in [2.45, 2.75) is 6.92 Å². The van der Waals surface area contributed by atoms with Crippen LogP contribution in [0.4, 0.5) is 11.4 Å². The van der Waals surface area contributed by atoms with E-state index in [2.05, 4.69) is 0 Å². The fourth-order valence-electron chi connectivity index (χ4n) is 2.36. The lowest BCUT2D eigenvalue weighted by Crippen LogP contribution is -2.30. The van der Waals surface area contributed by atoms with Crippen molar-refractivity contribution < 1.29 is 19.1 Å². The number of rotatable bonds is 2. The second kappa shape index (κ2) is 5.00. The Balaban J connectivity index is 2.10. The summed E-state index contributed by atoms with van der Waals surface area (Å²) in [6, 6.07) is 10.9. The first-order valence-corrected chi connectivity index (χ1v) is 6.55. The molecule has 0 spiro atoms. The summed E-state index contributed by atoms with van der Waals surface area (Å²) in [5.41, 5.74) is 6.80. The number of anilines is 2. The van der Waals surface area contributed by atoms with E-state index in [4.69, 9.17) is 10.5 Å². The quantitative estimate of drug-likeness (QED) is 0.396. The molecule has 1 aliphatic rings. The molecular weight excluding hydrogens is 284 g/mol. The molecule has 2 N–H and O–H groups in total. The molecule has 0 bridgehead atoms. The highest BCUT2D eigenvalue weighted by molar-refractivity contribution is 6.35. The van der Waals surface area contributed by atoms with Gasteiger partial charge in [0.25, 0.3) is 11.8 Å². The second-order valence-corrected chi connectivity index (χ2v) is 4.81. The van der Waals surface area contributed by atoms with Gasteiger partial charge in [-0.1, -0.05) is 12.1 Å². The van der Waals surface area contributed by atoms with Crippen molar-refractivity contribution in [3.8, 4) is 5.75 Å². The van der Waals surface area contributed by atoms with Crippen molar-refractivity contribution in [2.24, 2.45) is 0 Å². The zero-order valence-electron chi connectivity index (χ0n) is 11.7. The smallest absolute Gasteiger partial charge is 0.308 e. The average Bonchev–Trinajstić information content (AvgIpc) is 2.71. The minimum atomic E-state index is -0.534. The lowest BCUT2D eigenvalue weighted by Gasteiger charge is -2.17. The van der Waals surface area contributed by atoms with Crippen molar-refractivity contribution in [3.05, 3.63) is 53.6 Å². The molecule has 0 aliphatic carbocycles. The number of carbonyl (C=O) groups excluding carboxylic acids is 3. The number of imide groups is 1. The molecule has 1 aliphatic heterocycles. The molecule has 6 nitrogen and oxygen atoms in total. The number of fused-ring (bicyclic) bond motifs is 1. The van der Waals surface area contributed by atoms with Gasteiger partial charge in [-0.05, 0) is 30.3 Å². The SMILES string of the molecule is CC(=O)Oc1ccccc1N1C(=O)c2ccc(N)cc2C1=O. The molecule has 6 heteroatoms. The highest BCUT2D eigenvalue weighted by Gasteiger charge is 2.38. The summed E-state index contributed by atoms with van der Waals surface area (Å²) in [6.07, 6.45) is 0. The predicted octanol–water partition coefficient (Wildman–Crippen LogP) is 1.99. The molecule has 3 rings (SSSR count). The standard InChI is InChI=1S/C16H12N2O4/c1-9(19)22-14-5-3-2-4-13(14)18-15(20)11-7-6-10(17)8-12(11)16(18)21/h2-8H,17H2,1H3. The summed E-state index contributed by atoms with van der Waals surface area (Å²) in [5, 5.41) is 0. The van der Waals surface area contributed by atoms with Gasteiger partial charge in [0.1, 0.15) is 0 Å². The molecule has 2 aromatic rings. The Morgan fingerprint density at radius 1 is 1.05 bits per heavy atom. The highest BCUT2D eigenvalue weighted by Crippen LogP contribution is 2.35. The molecule has 0 saturated heterocycles. The van der Waals surface area contributed by atoms with Crippen LogP contribution in [0.15, 0.2) is 42.5 Å². The van der Waals surface area contributed by atoms with Crippen LogP contribution in [0.25, 0.3) is 0 Å². The molecule has 0 unspecified atom stereocenters. The number of esters is 1. The largest absolute Gasteiger partial charge is 0.424 e. The number of nitrogen functional groups attached to an aromatic ring is 1. The number of nitrogens with two attached hydrogens (primary N) is 1. The first kappa shape index (κ1) is 13.8. The molecule has 22 heavy (non-hydrogen) atoms. The van der Waals surface area contributed by atoms with Gasteiger partial charge in [-0.2, -0.15) is 0 Å². The van der Waals surface area contributed by atoms with Crippen LogP contribution in [-0.2, 0) is 4.79 Å². The van der Waals surface area contributed by atoms with E-state index in [1.807, 2.05) is 0 Å². The lowest BCUT2D eigenvalue weighted by molar-refractivity contribution is -0.131. The molecule has 0 fully saturated rings. The number of carbonyl (C=O) groups is 3. The Kier molecular flexibility index (Phi) is 3.14. The first-order valence-electron chi connectivity index (χ1n) is 6.55. The minimum absolute atomic E-state index is 0.150. The Hall–Kier alpha value is -3.15. The van der Waals surface area contributed by atoms with Gasteiger partial charge in [0, 0.05) is 12.6 Å². The number of nitrogens with zero attached hydrogens (tertiary/aromatic N) is 1. The van der Waals surface area contributed by atoms with Gasteiger partial charge in [-0.3, -0.25) is 14.4 Å². The second-order valence-electron chi connectivity index (χ2n) is 4.81. The fourth-order valence-corrected chi connectivity index (χ4v) is 2.36. The maximum Gasteiger partial charge on any atom is 0.308 e. The van der Waals surface area contributed by atoms with Crippen LogP contribution in [0, 0.1) is 0 Å². The third-order valence-corrected chi connectivity index (χ3v) is 3.27. The Morgan fingerprint density at radius 3 is 2.45 bits per heavy atom. The van der Waals surface area contributed by atoms with Crippen LogP contribution in [0.3, 0.4) is 0 Å². The summed E-state index contributed by atoms with van der Waals surface area (Å²) in [6.45, 7) is 1.25. The topological polar surface area (TPSA) is 89.7 Å². The molecule has 0 radical (unpaired) electrons. The van der Waals surface area contributed by atoms with E-state index in [1.165, 1.54) is 25.1 Å². The molecule has 110 valence electrons. The molecule has 0 aromatic heterocycles. The molecule has 1 heterocycles. The number of benzene rings is 2. The van der Waals surface area contributed by atoms with Crippen LogP contribution < -0.4 is 15.4 Å². The Bertz CT molecular complexity index is 814. The van der Waals surface area contributed by atoms with E-state index >= 15 is 0 Å². The molecule has 0 saturated carbocycles. The summed E-state index contributed by atoms with van der Waals surface area (Å²) >= 11 is 0. The van der Waals surface area contributed by atoms with Crippen LogP contribution in [0.2, 0.25) is 0 Å². The average molecular weight is 296 g/mol. The molecule has 2 aromatic carbocycles. The van der Waals surface area contributed by atoms with Gasteiger partial charge < -0.3 is 10.5 Å². The maximum absolute atomic E-state index is 12.5. The van der Waals surface area contributed by atoms with Gasteiger partial charge in [0.2, 0.25) is 0 Å². The summed E-state index contributed by atoms with van der Waals surface area (Å²) in [4.78, 5) is 37.2. The summed E-state index contributed by atoms with van der Waals surface area (Å²) in [7, 11) is 0. The van der Waals surface area contributed by atoms with E-state index in [-0.39, 0.29) is 22.6 Å². The van der Waals surface area contributed by atoms with Gasteiger partial charge in [-0.25, -0.2) is 4.90 Å². The first-order chi connectivity index (χ1) is 10.5. The van der Waals surface area contributed by atoms with Crippen LogP contribution in [0.1, 0.15) is 27.6 Å². The van der Waals surface area contributed by atoms with Crippen molar-refractivity contribution in [1.82, 2.24) is 0 Å². The van der Waals surface area contributed by atoms with Crippen molar-refractivity contribution in [3.63, 3.8) is 0 Å². The molecule has 2 amide bonds. The Labute approximate surface area is 126 Å².